The van der Waals surface area contributed by atoms with Gasteiger partial charge in [-0.3, -0.25) is 0 Å². The van der Waals surface area contributed by atoms with E-state index in [1.165, 1.54) is 0 Å². The summed E-state index contributed by atoms with van der Waals surface area (Å²) >= 11 is 0. The second-order valence-corrected chi connectivity index (χ2v) is 5.59. The molecule has 2 rings (SSSR count). The molecule has 1 aliphatic rings. The lowest BCUT2D eigenvalue weighted by atomic mass is 9.92. The van der Waals surface area contributed by atoms with Gasteiger partial charge in [-0.05, 0) is 25.5 Å². The highest BCUT2D eigenvalue weighted by atomic mass is 16.5. The van der Waals surface area contributed by atoms with Gasteiger partial charge in [0.25, 0.3) is 0 Å². The van der Waals surface area contributed by atoms with E-state index in [2.05, 4.69) is 36.3 Å². The van der Waals surface area contributed by atoms with Crippen LogP contribution in [0.2, 0.25) is 0 Å². The number of aromatic nitrogens is 2. The molecular formula is C13H21N3O. The van der Waals surface area contributed by atoms with Gasteiger partial charge < -0.3 is 10.1 Å². The summed E-state index contributed by atoms with van der Waals surface area (Å²) in [5.41, 5.74) is 1.03. The number of nitrogens with zero attached hydrogens (tertiary/aromatic N) is 2. The van der Waals surface area contributed by atoms with Crippen molar-refractivity contribution in [3.63, 3.8) is 0 Å². The minimum Gasteiger partial charge on any atom is -0.472 e. The van der Waals surface area contributed by atoms with Crippen LogP contribution in [0.25, 0.3) is 0 Å². The van der Waals surface area contributed by atoms with Gasteiger partial charge in [0.2, 0.25) is 5.88 Å². The number of ether oxygens (including phenoxy) is 1. The average Bonchev–Trinajstić information content (AvgIpc) is 2.30. The van der Waals surface area contributed by atoms with Crippen LogP contribution in [0.1, 0.15) is 39.3 Å². The van der Waals surface area contributed by atoms with E-state index in [9.17, 15) is 0 Å². The highest BCUT2D eigenvalue weighted by Crippen LogP contribution is 2.20. The molecule has 17 heavy (non-hydrogen) atoms. The quantitative estimate of drug-likeness (QED) is 0.850. The van der Waals surface area contributed by atoms with E-state index in [1.807, 2.05) is 12.1 Å². The summed E-state index contributed by atoms with van der Waals surface area (Å²) in [5.74, 6) is 0.631. The topological polar surface area (TPSA) is 47.0 Å². The van der Waals surface area contributed by atoms with E-state index >= 15 is 0 Å². The minimum atomic E-state index is 0.0396. The summed E-state index contributed by atoms with van der Waals surface area (Å²) in [6, 6.07) is 3.92. The van der Waals surface area contributed by atoms with Crippen LogP contribution in [-0.2, 0) is 5.41 Å². The fraction of sp³-hybridized carbons (Fsp3) is 0.692. The van der Waals surface area contributed by atoms with Crippen molar-refractivity contribution in [1.82, 2.24) is 15.5 Å². The van der Waals surface area contributed by atoms with Crippen molar-refractivity contribution in [3.05, 3.63) is 17.8 Å². The van der Waals surface area contributed by atoms with Crippen molar-refractivity contribution in [1.29, 1.82) is 0 Å². The van der Waals surface area contributed by atoms with Gasteiger partial charge in [-0.1, -0.05) is 20.8 Å². The maximum Gasteiger partial charge on any atom is 0.233 e. The third-order valence-corrected chi connectivity index (χ3v) is 2.95. The molecule has 0 amide bonds. The predicted molar refractivity (Wildman–Crippen MR) is 67.3 cm³/mol. The van der Waals surface area contributed by atoms with Gasteiger partial charge in [0.05, 0.1) is 5.69 Å². The molecule has 94 valence electrons. The van der Waals surface area contributed by atoms with Crippen molar-refractivity contribution in [3.8, 4) is 5.88 Å². The van der Waals surface area contributed by atoms with Crippen LogP contribution in [-0.4, -0.2) is 29.4 Å². The lowest BCUT2D eigenvalue weighted by molar-refractivity contribution is 0.158. The molecule has 0 saturated carbocycles. The first-order valence-electron chi connectivity index (χ1n) is 6.27. The number of hydrogen-bond acceptors (Lipinski definition) is 4. The fourth-order valence-corrected chi connectivity index (χ4v) is 1.87. The number of hydrogen-bond donors (Lipinski definition) is 1. The standard InChI is InChI=1S/C13H21N3O/c1-13(2,3)11-6-7-12(16-15-11)17-10-5-4-8-14-9-10/h6-7,10,14H,4-5,8-9H2,1-3H3/t10-/m1/s1. The van der Waals surface area contributed by atoms with Crippen LogP contribution >= 0.6 is 0 Å². The van der Waals surface area contributed by atoms with Crippen molar-refractivity contribution in [2.45, 2.75) is 45.1 Å². The van der Waals surface area contributed by atoms with Crippen LogP contribution in [0.3, 0.4) is 0 Å². The van der Waals surface area contributed by atoms with Gasteiger partial charge in [0.15, 0.2) is 0 Å². The first-order valence-corrected chi connectivity index (χ1v) is 6.27. The van der Waals surface area contributed by atoms with Crippen LogP contribution < -0.4 is 10.1 Å². The molecule has 2 heterocycles. The molecule has 1 atom stereocenters. The molecule has 0 unspecified atom stereocenters. The molecule has 1 aliphatic heterocycles. The lowest BCUT2D eigenvalue weighted by Gasteiger charge is -2.23. The fourth-order valence-electron chi connectivity index (χ4n) is 1.87. The van der Waals surface area contributed by atoms with Crippen LogP contribution in [0.15, 0.2) is 12.1 Å². The molecule has 1 aromatic heterocycles. The van der Waals surface area contributed by atoms with E-state index in [-0.39, 0.29) is 11.5 Å². The molecule has 1 N–H and O–H groups in total. The van der Waals surface area contributed by atoms with E-state index in [1.54, 1.807) is 0 Å². The smallest absolute Gasteiger partial charge is 0.233 e. The Labute approximate surface area is 103 Å². The third-order valence-electron chi connectivity index (χ3n) is 2.95. The zero-order valence-electron chi connectivity index (χ0n) is 10.9. The Kier molecular flexibility index (Phi) is 3.62. The largest absolute Gasteiger partial charge is 0.472 e. The van der Waals surface area contributed by atoms with E-state index in [0.717, 1.165) is 31.6 Å². The molecular weight excluding hydrogens is 214 g/mol. The predicted octanol–water partition coefficient (Wildman–Crippen LogP) is 1.90. The zero-order valence-corrected chi connectivity index (χ0v) is 10.9. The molecule has 4 nitrogen and oxygen atoms in total. The van der Waals surface area contributed by atoms with Gasteiger partial charge in [0.1, 0.15) is 6.10 Å². The molecule has 0 spiro atoms. The van der Waals surface area contributed by atoms with Crippen molar-refractivity contribution in [2.24, 2.45) is 0 Å². The Morgan fingerprint density at radius 3 is 2.65 bits per heavy atom. The van der Waals surface area contributed by atoms with Crippen LogP contribution in [0.4, 0.5) is 0 Å². The number of piperidine rings is 1. The number of nitrogens with one attached hydrogen (secondary N) is 1. The summed E-state index contributed by atoms with van der Waals surface area (Å²) in [5, 5.41) is 11.7. The van der Waals surface area contributed by atoms with Crippen LogP contribution in [0.5, 0.6) is 5.88 Å². The van der Waals surface area contributed by atoms with Crippen molar-refractivity contribution < 1.29 is 4.74 Å². The summed E-state index contributed by atoms with van der Waals surface area (Å²) in [7, 11) is 0. The number of rotatable bonds is 2. The van der Waals surface area contributed by atoms with Crippen LogP contribution in [0, 0.1) is 0 Å². The second-order valence-electron chi connectivity index (χ2n) is 5.59. The highest BCUT2D eigenvalue weighted by molar-refractivity contribution is 5.17. The lowest BCUT2D eigenvalue weighted by Crippen LogP contribution is -2.37. The normalized spacial score (nSPS) is 21.2. The molecule has 0 bridgehead atoms. The van der Waals surface area contributed by atoms with E-state index in [4.69, 9.17) is 4.74 Å². The maximum atomic E-state index is 5.79. The molecule has 0 aromatic carbocycles. The molecule has 4 heteroatoms. The van der Waals surface area contributed by atoms with Gasteiger partial charge in [-0.25, -0.2) is 0 Å². The van der Waals surface area contributed by atoms with E-state index < -0.39 is 0 Å². The molecule has 1 fully saturated rings. The third kappa shape index (κ3) is 3.40. The Balaban J connectivity index is 1.98. The summed E-state index contributed by atoms with van der Waals surface area (Å²) in [6.45, 7) is 8.38. The van der Waals surface area contributed by atoms with Gasteiger partial charge in [-0.2, -0.15) is 5.10 Å². The minimum absolute atomic E-state index is 0.0396. The first kappa shape index (κ1) is 12.3. The van der Waals surface area contributed by atoms with Crippen molar-refractivity contribution in [2.75, 3.05) is 13.1 Å². The molecule has 0 aliphatic carbocycles. The second kappa shape index (κ2) is 5.00. The average molecular weight is 235 g/mol. The van der Waals surface area contributed by atoms with Crippen molar-refractivity contribution >= 4 is 0 Å². The van der Waals surface area contributed by atoms with Gasteiger partial charge >= 0.3 is 0 Å². The van der Waals surface area contributed by atoms with Gasteiger partial charge in [-0.15, -0.1) is 5.10 Å². The van der Waals surface area contributed by atoms with E-state index in [0.29, 0.717) is 5.88 Å². The Morgan fingerprint density at radius 1 is 1.29 bits per heavy atom. The zero-order chi connectivity index (χ0) is 12.3. The molecule has 1 saturated heterocycles. The SMILES string of the molecule is CC(C)(C)c1ccc(O[C@@H]2CCCNC2)nn1. The molecule has 0 radical (unpaired) electrons. The summed E-state index contributed by atoms with van der Waals surface area (Å²) < 4.78 is 5.79. The molecule has 1 aromatic rings. The maximum absolute atomic E-state index is 5.79. The van der Waals surface area contributed by atoms with Gasteiger partial charge in [0, 0.05) is 18.0 Å². The Hall–Kier alpha value is -1.16. The summed E-state index contributed by atoms with van der Waals surface area (Å²) in [6.07, 6.45) is 2.49. The monoisotopic (exact) mass is 235 g/mol. The highest BCUT2D eigenvalue weighted by Gasteiger charge is 2.18. The Morgan fingerprint density at radius 2 is 2.12 bits per heavy atom. The Bertz CT molecular complexity index is 350. The first-order chi connectivity index (χ1) is 8.05. The summed E-state index contributed by atoms with van der Waals surface area (Å²) in [4.78, 5) is 0.